The van der Waals surface area contributed by atoms with E-state index in [1.165, 1.54) is 5.06 Å². The van der Waals surface area contributed by atoms with Crippen LogP contribution in [-0.2, 0) is 9.63 Å². The van der Waals surface area contributed by atoms with Crippen LogP contribution < -0.4 is 0 Å². The molecule has 0 aliphatic carbocycles. The first-order valence-electron chi connectivity index (χ1n) is 5.03. The van der Waals surface area contributed by atoms with Crippen molar-refractivity contribution < 1.29 is 14.7 Å². The van der Waals surface area contributed by atoms with Crippen LogP contribution in [0.1, 0.15) is 33.6 Å². The molecule has 14 heavy (non-hydrogen) atoms. The molecule has 0 aromatic rings. The van der Waals surface area contributed by atoms with Crippen molar-refractivity contribution in [2.45, 2.75) is 39.7 Å². The fourth-order valence-corrected chi connectivity index (χ4v) is 1.37. The summed E-state index contributed by atoms with van der Waals surface area (Å²) in [5, 5.41) is 10.0. The topological polar surface area (TPSA) is 49.8 Å². The number of nitrogens with zero attached hydrogens (tertiary/aromatic N) is 1. The molecule has 0 saturated carbocycles. The van der Waals surface area contributed by atoms with Crippen molar-refractivity contribution in [3.63, 3.8) is 0 Å². The second-order valence-corrected chi connectivity index (χ2v) is 4.74. The van der Waals surface area contributed by atoms with Gasteiger partial charge in [-0.25, -0.2) is 5.06 Å². The minimum absolute atomic E-state index is 0.0103. The van der Waals surface area contributed by atoms with Gasteiger partial charge in [-0.2, -0.15) is 0 Å². The van der Waals surface area contributed by atoms with Crippen LogP contribution in [0.3, 0.4) is 0 Å². The molecule has 1 atom stereocenters. The van der Waals surface area contributed by atoms with Gasteiger partial charge in [0.15, 0.2) is 0 Å². The molecule has 1 fully saturated rings. The third kappa shape index (κ3) is 2.69. The summed E-state index contributed by atoms with van der Waals surface area (Å²) >= 11 is 0. The molecule has 4 heteroatoms. The number of aliphatic hydroxyl groups is 1. The number of hydrogen-bond donors (Lipinski definition) is 1. The van der Waals surface area contributed by atoms with Crippen LogP contribution in [0.15, 0.2) is 0 Å². The molecule has 4 nitrogen and oxygen atoms in total. The molecule has 0 aromatic carbocycles. The molecule has 0 bridgehead atoms. The van der Waals surface area contributed by atoms with E-state index in [1.54, 1.807) is 0 Å². The van der Waals surface area contributed by atoms with E-state index in [0.29, 0.717) is 19.4 Å². The Morgan fingerprint density at radius 3 is 2.64 bits per heavy atom. The maximum absolute atomic E-state index is 11.5. The van der Waals surface area contributed by atoms with Crippen LogP contribution in [0.25, 0.3) is 0 Å². The van der Waals surface area contributed by atoms with Gasteiger partial charge in [0.2, 0.25) is 5.91 Å². The number of hydrogen-bond acceptors (Lipinski definition) is 3. The van der Waals surface area contributed by atoms with Crippen LogP contribution in [0.5, 0.6) is 0 Å². The summed E-state index contributed by atoms with van der Waals surface area (Å²) < 4.78 is 0. The van der Waals surface area contributed by atoms with Gasteiger partial charge in [0.1, 0.15) is 0 Å². The molecule has 0 spiro atoms. The fraction of sp³-hybridized carbons (Fsp3) is 0.900. The minimum atomic E-state index is -0.0336. The first-order chi connectivity index (χ1) is 6.45. The molecule has 1 heterocycles. The minimum Gasteiger partial charge on any atom is -0.396 e. The molecule has 1 saturated heterocycles. The lowest BCUT2D eigenvalue weighted by Crippen LogP contribution is -2.29. The van der Waals surface area contributed by atoms with E-state index in [1.807, 2.05) is 0 Å². The van der Waals surface area contributed by atoms with Gasteiger partial charge in [-0.05, 0) is 11.8 Å². The number of aliphatic hydroxyl groups excluding tert-OH is 1. The molecule has 0 radical (unpaired) electrons. The molecule has 1 aliphatic rings. The largest absolute Gasteiger partial charge is 0.396 e. The van der Waals surface area contributed by atoms with E-state index in [0.717, 1.165) is 0 Å². The first kappa shape index (κ1) is 11.5. The number of rotatable bonds is 3. The van der Waals surface area contributed by atoms with E-state index >= 15 is 0 Å². The van der Waals surface area contributed by atoms with E-state index in [2.05, 4.69) is 20.8 Å². The van der Waals surface area contributed by atoms with Gasteiger partial charge in [-0.3, -0.25) is 9.63 Å². The Kier molecular flexibility index (Phi) is 3.50. The highest BCUT2D eigenvalue weighted by Crippen LogP contribution is 2.30. The Balaban J connectivity index is 2.47. The Hall–Kier alpha value is -0.610. The zero-order valence-corrected chi connectivity index (χ0v) is 9.12. The Morgan fingerprint density at radius 2 is 2.21 bits per heavy atom. The van der Waals surface area contributed by atoms with Crippen molar-refractivity contribution in [1.82, 2.24) is 5.06 Å². The van der Waals surface area contributed by atoms with Crippen molar-refractivity contribution in [3.05, 3.63) is 0 Å². The van der Waals surface area contributed by atoms with Crippen LogP contribution in [0, 0.1) is 5.41 Å². The average molecular weight is 201 g/mol. The number of carbonyl (C=O) groups is 1. The number of amides is 1. The smallest absolute Gasteiger partial charge is 0.248 e. The Morgan fingerprint density at radius 1 is 1.57 bits per heavy atom. The van der Waals surface area contributed by atoms with Crippen molar-refractivity contribution >= 4 is 5.91 Å². The molecular weight excluding hydrogens is 182 g/mol. The van der Waals surface area contributed by atoms with E-state index in [4.69, 9.17) is 9.94 Å². The highest BCUT2D eigenvalue weighted by Gasteiger charge is 2.38. The molecule has 1 amide bonds. The van der Waals surface area contributed by atoms with Gasteiger partial charge < -0.3 is 5.11 Å². The molecule has 1 unspecified atom stereocenters. The summed E-state index contributed by atoms with van der Waals surface area (Å²) in [5.41, 5.74) is -0.0103. The first-order valence-corrected chi connectivity index (χ1v) is 5.03. The summed E-state index contributed by atoms with van der Waals surface area (Å²) in [6, 6.07) is 0. The third-order valence-electron chi connectivity index (χ3n) is 2.38. The van der Waals surface area contributed by atoms with E-state index in [-0.39, 0.29) is 24.0 Å². The Labute approximate surface area is 84.8 Å². The summed E-state index contributed by atoms with van der Waals surface area (Å²) in [4.78, 5) is 17.0. The standard InChI is InChI=1S/C10H19NO3/c1-10(2,3)8-7-9(13)11(14-8)5-4-6-12/h8,12H,4-7H2,1-3H3. The summed E-state index contributed by atoms with van der Waals surface area (Å²) in [6.07, 6.45) is 0.992. The van der Waals surface area contributed by atoms with Crippen molar-refractivity contribution in [2.24, 2.45) is 5.41 Å². The molecule has 1 aliphatic heterocycles. The quantitative estimate of drug-likeness (QED) is 0.739. The van der Waals surface area contributed by atoms with Crippen LogP contribution >= 0.6 is 0 Å². The number of carbonyl (C=O) groups excluding carboxylic acids is 1. The lowest BCUT2D eigenvalue weighted by Gasteiger charge is -2.25. The van der Waals surface area contributed by atoms with Gasteiger partial charge >= 0.3 is 0 Å². The lowest BCUT2D eigenvalue weighted by atomic mass is 9.87. The summed E-state index contributed by atoms with van der Waals surface area (Å²) in [7, 11) is 0. The number of hydroxylamine groups is 2. The van der Waals surface area contributed by atoms with Crippen molar-refractivity contribution in [3.8, 4) is 0 Å². The van der Waals surface area contributed by atoms with Gasteiger partial charge in [0.25, 0.3) is 0 Å². The van der Waals surface area contributed by atoms with Crippen LogP contribution in [-0.4, -0.2) is 35.3 Å². The molecule has 1 N–H and O–H groups in total. The SMILES string of the molecule is CC(C)(C)C1CC(=O)N(CCCO)O1. The maximum Gasteiger partial charge on any atom is 0.248 e. The summed E-state index contributed by atoms with van der Waals surface area (Å²) in [5.74, 6) is 0.0263. The van der Waals surface area contributed by atoms with Crippen molar-refractivity contribution in [1.29, 1.82) is 0 Å². The monoisotopic (exact) mass is 201 g/mol. The van der Waals surface area contributed by atoms with E-state index < -0.39 is 0 Å². The molecule has 82 valence electrons. The van der Waals surface area contributed by atoms with Gasteiger partial charge in [0, 0.05) is 6.61 Å². The predicted molar refractivity (Wildman–Crippen MR) is 52.4 cm³/mol. The van der Waals surface area contributed by atoms with Gasteiger partial charge in [-0.15, -0.1) is 0 Å². The second kappa shape index (κ2) is 4.28. The molecular formula is C10H19NO3. The van der Waals surface area contributed by atoms with Gasteiger partial charge in [-0.1, -0.05) is 20.8 Å². The van der Waals surface area contributed by atoms with Crippen LogP contribution in [0.2, 0.25) is 0 Å². The van der Waals surface area contributed by atoms with Crippen molar-refractivity contribution in [2.75, 3.05) is 13.2 Å². The highest BCUT2D eigenvalue weighted by molar-refractivity contribution is 5.77. The zero-order chi connectivity index (χ0) is 10.8. The Bertz CT molecular complexity index is 210. The average Bonchev–Trinajstić information content (AvgIpc) is 2.43. The summed E-state index contributed by atoms with van der Waals surface area (Å²) in [6.45, 7) is 6.75. The van der Waals surface area contributed by atoms with Crippen LogP contribution in [0.4, 0.5) is 0 Å². The lowest BCUT2D eigenvalue weighted by molar-refractivity contribution is -0.185. The fourth-order valence-electron chi connectivity index (χ4n) is 1.37. The zero-order valence-electron chi connectivity index (χ0n) is 9.12. The van der Waals surface area contributed by atoms with Gasteiger partial charge in [0.05, 0.1) is 19.1 Å². The maximum atomic E-state index is 11.5. The van der Waals surface area contributed by atoms with E-state index in [9.17, 15) is 4.79 Å². The molecule has 0 aromatic heterocycles. The highest BCUT2D eigenvalue weighted by atomic mass is 16.7. The molecule has 1 rings (SSSR count). The second-order valence-electron chi connectivity index (χ2n) is 4.74. The third-order valence-corrected chi connectivity index (χ3v) is 2.38. The normalized spacial score (nSPS) is 23.3. The predicted octanol–water partition coefficient (Wildman–Crippen LogP) is 0.947.